The average molecular weight is 300 g/mol. The molecule has 0 radical (unpaired) electrons. The van der Waals surface area contributed by atoms with Crippen LogP contribution in [0, 0.1) is 20.8 Å². The maximum absolute atomic E-state index is 5.97. The number of aromatic nitrogens is 2. The molecule has 0 aliphatic carbocycles. The quantitative estimate of drug-likeness (QED) is 0.851. The summed E-state index contributed by atoms with van der Waals surface area (Å²) in [5.74, 6) is -0.523. The molecule has 0 spiro atoms. The standard InChI is InChI=1S/C18H24N2O2/c1-14-10-15(2)17(16(3)11-14)4-5-18(21-8-9-22-18)12-20-7-6-19-13-20/h6-7,10-11,13H,4-5,8-9,12H2,1-3H3. The molecule has 0 saturated carbocycles. The van der Waals surface area contributed by atoms with Crippen LogP contribution < -0.4 is 0 Å². The fourth-order valence-corrected chi connectivity index (χ4v) is 3.39. The van der Waals surface area contributed by atoms with Crippen LogP contribution in [-0.4, -0.2) is 28.6 Å². The van der Waals surface area contributed by atoms with Crippen molar-refractivity contribution in [3.8, 4) is 0 Å². The number of imidazole rings is 1. The van der Waals surface area contributed by atoms with Crippen LogP contribution in [0.4, 0.5) is 0 Å². The predicted molar refractivity (Wildman–Crippen MR) is 85.8 cm³/mol. The Bertz CT molecular complexity index is 606. The van der Waals surface area contributed by atoms with Crippen LogP contribution in [0.5, 0.6) is 0 Å². The maximum atomic E-state index is 5.97. The van der Waals surface area contributed by atoms with Crippen molar-refractivity contribution in [2.45, 2.75) is 45.9 Å². The van der Waals surface area contributed by atoms with Gasteiger partial charge in [-0.25, -0.2) is 4.98 Å². The van der Waals surface area contributed by atoms with E-state index in [4.69, 9.17) is 9.47 Å². The molecule has 1 fully saturated rings. The Kier molecular flexibility index (Phi) is 4.32. The summed E-state index contributed by atoms with van der Waals surface area (Å²) < 4.78 is 14.0. The number of hydrogen-bond donors (Lipinski definition) is 0. The molecule has 0 unspecified atom stereocenters. The lowest BCUT2D eigenvalue weighted by Crippen LogP contribution is -2.36. The highest BCUT2D eigenvalue weighted by Crippen LogP contribution is 2.29. The largest absolute Gasteiger partial charge is 0.346 e. The van der Waals surface area contributed by atoms with E-state index in [1.54, 1.807) is 6.20 Å². The van der Waals surface area contributed by atoms with E-state index in [0.29, 0.717) is 19.8 Å². The number of ether oxygens (including phenoxy) is 2. The summed E-state index contributed by atoms with van der Waals surface area (Å²) in [5, 5.41) is 0. The molecule has 1 aromatic carbocycles. The van der Waals surface area contributed by atoms with Gasteiger partial charge in [0.05, 0.1) is 26.1 Å². The third-order valence-corrected chi connectivity index (χ3v) is 4.39. The first-order valence-electron chi connectivity index (χ1n) is 7.88. The Labute approximate surface area is 132 Å². The van der Waals surface area contributed by atoms with Crippen LogP contribution in [0.15, 0.2) is 30.9 Å². The van der Waals surface area contributed by atoms with Crippen molar-refractivity contribution in [3.05, 3.63) is 53.1 Å². The molecule has 0 atom stereocenters. The van der Waals surface area contributed by atoms with Gasteiger partial charge in [0.2, 0.25) is 0 Å². The first kappa shape index (κ1) is 15.3. The fraction of sp³-hybridized carbons (Fsp3) is 0.500. The lowest BCUT2D eigenvalue weighted by atomic mass is 9.94. The molecule has 4 heteroatoms. The molecule has 1 aliphatic heterocycles. The molecule has 22 heavy (non-hydrogen) atoms. The molecule has 1 saturated heterocycles. The molecular formula is C18H24N2O2. The monoisotopic (exact) mass is 300 g/mol. The van der Waals surface area contributed by atoms with E-state index >= 15 is 0 Å². The van der Waals surface area contributed by atoms with E-state index in [2.05, 4.69) is 37.9 Å². The molecule has 118 valence electrons. The Morgan fingerprint density at radius 1 is 1.14 bits per heavy atom. The van der Waals surface area contributed by atoms with Crippen LogP contribution >= 0.6 is 0 Å². The molecule has 0 amide bonds. The first-order valence-corrected chi connectivity index (χ1v) is 7.88. The van der Waals surface area contributed by atoms with Gasteiger partial charge in [-0.1, -0.05) is 17.7 Å². The van der Waals surface area contributed by atoms with Gasteiger partial charge in [-0.2, -0.15) is 0 Å². The summed E-state index contributed by atoms with van der Waals surface area (Å²) in [7, 11) is 0. The molecule has 0 bridgehead atoms. The minimum absolute atomic E-state index is 0.523. The van der Waals surface area contributed by atoms with Crippen molar-refractivity contribution in [1.29, 1.82) is 0 Å². The summed E-state index contributed by atoms with van der Waals surface area (Å²) in [6, 6.07) is 4.50. The van der Waals surface area contributed by atoms with E-state index in [0.717, 1.165) is 12.8 Å². The Balaban J connectivity index is 1.75. The predicted octanol–water partition coefficient (Wildman–Crippen LogP) is 3.18. The number of benzene rings is 1. The second-order valence-corrected chi connectivity index (χ2v) is 6.22. The smallest absolute Gasteiger partial charge is 0.186 e. The molecular weight excluding hydrogens is 276 g/mol. The average Bonchev–Trinajstić information content (AvgIpc) is 3.10. The minimum Gasteiger partial charge on any atom is -0.346 e. The third kappa shape index (κ3) is 3.23. The van der Waals surface area contributed by atoms with Gasteiger partial charge in [0.25, 0.3) is 0 Å². The highest BCUT2D eigenvalue weighted by Gasteiger charge is 2.36. The Morgan fingerprint density at radius 3 is 2.41 bits per heavy atom. The van der Waals surface area contributed by atoms with Crippen molar-refractivity contribution >= 4 is 0 Å². The molecule has 0 N–H and O–H groups in total. The molecule has 1 aliphatic rings. The Hall–Kier alpha value is -1.65. The van der Waals surface area contributed by atoms with Crippen molar-refractivity contribution in [2.75, 3.05) is 13.2 Å². The maximum Gasteiger partial charge on any atom is 0.186 e. The van der Waals surface area contributed by atoms with Gasteiger partial charge in [-0.3, -0.25) is 0 Å². The lowest BCUT2D eigenvalue weighted by Gasteiger charge is -2.28. The SMILES string of the molecule is Cc1cc(C)c(CCC2(Cn3ccnc3)OCCO2)c(C)c1. The molecule has 4 nitrogen and oxygen atoms in total. The minimum atomic E-state index is -0.523. The lowest BCUT2D eigenvalue weighted by molar-refractivity contribution is -0.171. The summed E-state index contributed by atoms with van der Waals surface area (Å²) in [6.07, 6.45) is 7.38. The van der Waals surface area contributed by atoms with Crippen LogP contribution in [0.2, 0.25) is 0 Å². The number of nitrogens with zero attached hydrogens (tertiary/aromatic N) is 2. The zero-order valence-corrected chi connectivity index (χ0v) is 13.6. The fourth-order valence-electron chi connectivity index (χ4n) is 3.39. The summed E-state index contributed by atoms with van der Waals surface area (Å²) in [4.78, 5) is 4.10. The zero-order valence-electron chi connectivity index (χ0n) is 13.6. The first-order chi connectivity index (χ1) is 10.6. The molecule has 1 aromatic heterocycles. The summed E-state index contributed by atoms with van der Waals surface area (Å²) in [5.41, 5.74) is 5.44. The second kappa shape index (κ2) is 6.23. The van der Waals surface area contributed by atoms with Gasteiger partial charge in [0.15, 0.2) is 5.79 Å². The van der Waals surface area contributed by atoms with E-state index < -0.39 is 5.79 Å². The van der Waals surface area contributed by atoms with Crippen molar-refractivity contribution in [1.82, 2.24) is 9.55 Å². The van der Waals surface area contributed by atoms with Crippen LogP contribution in [0.1, 0.15) is 28.7 Å². The van der Waals surface area contributed by atoms with Crippen molar-refractivity contribution < 1.29 is 9.47 Å². The highest BCUT2D eigenvalue weighted by molar-refractivity contribution is 5.37. The van der Waals surface area contributed by atoms with Gasteiger partial charge in [-0.05, 0) is 43.9 Å². The van der Waals surface area contributed by atoms with Crippen LogP contribution in [-0.2, 0) is 22.4 Å². The summed E-state index contributed by atoms with van der Waals surface area (Å²) >= 11 is 0. The van der Waals surface area contributed by atoms with Crippen LogP contribution in [0.3, 0.4) is 0 Å². The molecule has 2 aromatic rings. The molecule has 3 rings (SSSR count). The highest BCUT2D eigenvalue weighted by atomic mass is 16.7. The van der Waals surface area contributed by atoms with E-state index in [1.165, 1.54) is 22.3 Å². The van der Waals surface area contributed by atoms with Crippen LogP contribution in [0.25, 0.3) is 0 Å². The van der Waals surface area contributed by atoms with Gasteiger partial charge in [0, 0.05) is 18.8 Å². The zero-order chi connectivity index (χ0) is 15.6. The van der Waals surface area contributed by atoms with Gasteiger partial charge < -0.3 is 14.0 Å². The van der Waals surface area contributed by atoms with E-state index in [9.17, 15) is 0 Å². The van der Waals surface area contributed by atoms with Gasteiger partial charge >= 0.3 is 0 Å². The number of hydrogen-bond acceptors (Lipinski definition) is 3. The normalized spacial score (nSPS) is 17.0. The van der Waals surface area contributed by atoms with Gasteiger partial charge in [-0.15, -0.1) is 0 Å². The third-order valence-electron chi connectivity index (χ3n) is 4.39. The van der Waals surface area contributed by atoms with Gasteiger partial charge in [0.1, 0.15) is 0 Å². The summed E-state index contributed by atoms with van der Waals surface area (Å²) in [6.45, 7) is 8.55. The van der Waals surface area contributed by atoms with E-state index in [-0.39, 0.29) is 0 Å². The topological polar surface area (TPSA) is 36.3 Å². The van der Waals surface area contributed by atoms with Crippen molar-refractivity contribution in [3.63, 3.8) is 0 Å². The second-order valence-electron chi connectivity index (χ2n) is 6.22. The number of aryl methyl sites for hydroxylation is 3. The van der Waals surface area contributed by atoms with Crippen molar-refractivity contribution in [2.24, 2.45) is 0 Å². The molecule has 2 heterocycles. The Morgan fingerprint density at radius 2 is 1.82 bits per heavy atom. The number of rotatable bonds is 5. The van der Waals surface area contributed by atoms with E-state index in [1.807, 2.05) is 17.1 Å².